The minimum atomic E-state index is -0.828. The highest BCUT2D eigenvalue weighted by atomic mass is 16.5. The second-order valence-electron chi connectivity index (χ2n) is 7.83. The maximum atomic E-state index is 13.3. The number of nitrogens with zero attached hydrogens (tertiary/aromatic N) is 1. The standard InChI is InChI=1S/C28H27NO6/c1-4-34-22-14-6-18(7-15-22)25-24(26(30)19-8-12-21(33-3)13-9-19)27(31)28(32)29(25)20-10-16-23(17-11-20)35-5-2/h6-17,25,30H,4-5H2,1-3H3/b26-24+. The molecule has 1 aliphatic heterocycles. The van der Waals surface area contributed by atoms with Gasteiger partial charge in [-0.05, 0) is 80.1 Å². The first-order valence-corrected chi connectivity index (χ1v) is 11.4. The van der Waals surface area contributed by atoms with Crippen molar-refractivity contribution in [3.05, 3.63) is 89.5 Å². The summed E-state index contributed by atoms with van der Waals surface area (Å²) in [6.07, 6.45) is 0. The van der Waals surface area contributed by atoms with Crippen LogP contribution in [0.1, 0.15) is 31.0 Å². The minimum absolute atomic E-state index is 0.0122. The minimum Gasteiger partial charge on any atom is -0.507 e. The number of aliphatic hydroxyl groups is 1. The van der Waals surface area contributed by atoms with Gasteiger partial charge in [0.05, 0.1) is 31.9 Å². The Kier molecular flexibility index (Phi) is 7.06. The smallest absolute Gasteiger partial charge is 0.300 e. The van der Waals surface area contributed by atoms with E-state index in [0.717, 1.165) is 0 Å². The molecular weight excluding hydrogens is 446 g/mol. The van der Waals surface area contributed by atoms with Gasteiger partial charge in [-0.3, -0.25) is 14.5 Å². The summed E-state index contributed by atoms with van der Waals surface area (Å²) in [4.78, 5) is 27.9. The molecule has 1 amide bonds. The molecule has 1 heterocycles. The lowest BCUT2D eigenvalue weighted by Crippen LogP contribution is -2.29. The third-order valence-electron chi connectivity index (χ3n) is 5.74. The number of aliphatic hydroxyl groups excluding tert-OH is 1. The summed E-state index contributed by atoms with van der Waals surface area (Å²) in [6.45, 7) is 4.81. The molecule has 7 nitrogen and oxygen atoms in total. The predicted octanol–water partition coefficient (Wildman–Crippen LogP) is 5.12. The maximum absolute atomic E-state index is 13.3. The number of hydrogen-bond donors (Lipinski definition) is 1. The second kappa shape index (κ2) is 10.3. The van der Waals surface area contributed by atoms with Crippen molar-refractivity contribution in [1.82, 2.24) is 0 Å². The van der Waals surface area contributed by atoms with Gasteiger partial charge >= 0.3 is 0 Å². The van der Waals surface area contributed by atoms with Crippen LogP contribution in [0.5, 0.6) is 17.2 Å². The van der Waals surface area contributed by atoms with E-state index < -0.39 is 17.7 Å². The van der Waals surface area contributed by atoms with Gasteiger partial charge in [-0.15, -0.1) is 0 Å². The van der Waals surface area contributed by atoms with Crippen molar-refractivity contribution in [1.29, 1.82) is 0 Å². The lowest BCUT2D eigenvalue weighted by molar-refractivity contribution is -0.132. The summed E-state index contributed by atoms with van der Waals surface area (Å²) in [6, 6.07) is 19.9. The zero-order valence-corrected chi connectivity index (χ0v) is 19.9. The van der Waals surface area contributed by atoms with E-state index in [0.29, 0.717) is 47.3 Å². The summed E-state index contributed by atoms with van der Waals surface area (Å²) in [5, 5.41) is 11.2. The van der Waals surface area contributed by atoms with E-state index in [1.54, 1.807) is 79.9 Å². The third-order valence-corrected chi connectivity index (χ3v) is 5.74. The number of anilines is 1. The molecule has 0 saturated carbocycles. The Bertz CT molecular complexity index is 1230. The Hall–Kier alpha value is -4.26. The van der Waals surface area contributed by atoms with E-state index in [1.165, 1.54) is 4.90 Å². The normalized spacial score (nSPS) is 16.9. The quantitative estimate of drug-likeness (QED) is 0.278. The molecule has 1 aliphatic rings. The Balaban J connectivity index is 1.85. The molecule has 35 heavy (non-hydrogen) atoms. The number of ketones is 1. The summed E-state index contributed by atoms with van der Waals surface area (Å²) >= 11 is 0. The van der Waals surface area contributed by atoms with E-state index in [-0.39, 0.29) is 11.3 Å². The van der Waals surface area contributed by atoms with Crippen LogP contribution in [-0.2, 0) is 9.59 Å². The number of Topliss-reactive ketones (excluding diaryl/α,β-unsaturated/α-hetero) is 1. The molecule has 1 atom stereocenters. The first kappa shape index (κ1) is 23.9. The van der Waals surface area contributed by atoms with E-state index in [1.807, 2.05) is 13.8 Å². The molecule has 1 unspecified atom stereocenters. The molecule has 4 rings (SSSR count). The molecule has 0 aliphatic carbocycles. The molecule has 180 valence electrons. The topological polar surface area (TPSA) is 85.3 Å². The van der Waals surface area contributed by atoms with Crippen LogP contribution in [0.15, 0.2) is 78.4 Å². The number of carbonyl (C=O) groups excluding carboxylic acids is 2. The summed E-state index contributed by atoms with van der Waals surface area (Å²) in [5.41, 5.74) is 1.60. The van der Waals surface area contributed by atoms with Gasteiger partial charge in [0.1, 0.15) is 23.0 Å². The van der Waals surface area contributed by atoms with Crippen molar-refractivity contribution in [2.24, 2.45) is 0 Å². The van der Waals surface area contributed by atoms with Gasteiger partial charge in [0.2, 0.25) is 0 Å². The fourth-order valence-electron chi connectivity index (χ4n) is 4.10. The summed E-state index contributed by atoms with van der Waals surface area (Å²) in [5.74, 6) is 0.208. The number of rotatable bonds is 8. The Morgan fingerprint density at radius 3 is 1.83 bits per heavy atom. The summed E-state index contributed by atoms with van der Waals surface area (Å²) in [7, 11) is 1.54. The molecule has 1 N–H and O–H groups in total. The van der Waals surface area contributed by atoms with E-state index >= 15 is 0 Å². The fourth-order valence-corrected chi connectivity index (χ4v) is 4.10. The Morgan fingerprint density at radius 2 is 1.31 bits per heavy atom. The zero-order chi connectivity index (χ0) is 24.9. The number of hydrogen-bond acceptors (Lipinski definition) is 6. The molecule has 0 bridgehead atoms. The zero-order valence-electron chi connectivity index (χ0n) is 19.9. The largest absolute Gasteiger partial charge is 0.507 e. The van der Waals surface area contributed by atoms with Crippen LogP contribution in [0.2, 0.25) is 0 Å². The van der Waals surface area contributed by atoms with Crippen LogP contribution >= 0.6 is 0 Å². The average Bonchev–Trinajstić information content (AvgIpc) is 3.15. The van der Waals surface area contributed by atoms with Crippen molar-refractivity contribution in [2.45, 2.75) is 19.9 Å². The molecule has 0 aromatic heterocycles. The molecular formula is C28H27NO6. The van der Waals surface area contributed by atoms with Crippen LogP contribution < -0.4 is 19.1 Å². The van der Waals surface area contributed by atoms with Gasteiger partial charge in [0.15, 0.2) is 0 Å². The number of amides is 1. The number of carbonyl (C=O) groups is 2. The molecule has 7 heteroatoms. The number of benzene rings is 3. The van der Waals surface area contributed by atoms with Gasteiger partial charge in [-0.1, -0.05) is 12.1 Å². The number of methoxy groups -OCH3 is 1. The van der Waals surface area contributed by atoms with Crippen LogP contribution in [0, 0.1) is 0 Å². The van der Waals surface area contributed by atoms with Gasteiger partial charge in [0.25, 0.3) is 11.7 Å². The number of ether oxygens (including phenoxy) is 3. The molecule has 3 aromatic carbocycles. The van der Waals surface area contributed by atoms with Crippen molar-refractivity contribution >= 4 is 23.1 Å². The van der Waals surface area contributed by atoms with Crippen molar-refractivity contribution < 1.29 is 28.9 Å². The highest BCUT2D eigenvalue weighted by Gasteiger charge is 2.47. The fraction of sp³-hybridized carbons (Fsp3) is 0.214. The predicted molar refractivity (Wildman–Crippen MR) is 133 cm³/mol. The lowest BCUT2D eigenvalue weighted by atomic mass is 9.95. The van der Waals surface area contributed by atoms with Gasteiger partial charge in [0, 0.05) is 11.3 Å². The van der Waals surface area contributed by atoms with Gasteiger partial charge in [-0.25, -0.2) is 0 Å². The van der Waals surface area contributed by atoms with Crippen LogP contribution in [0.25, 0.3) is 5.76 Å². The van der Waals surface area contributed by atoms with E-state index in [2.05, 4.69) is 0 Å². The van der Waals surface area contributed by atoms with E-state index in [4.69, 9.17) is 14.2 Å². The molecule has 0 spiro atoms. The highest BCUT2D eigenvalue weighted by molar-refractivity contribution is 6.51. The molecule has 3 aromatic rings. The average molecular weight is 474 g/mol. The molecule has 1 saturated heterocycles. The second-order valence-corrected chi connectivity index (χ2v) is 7.83. The van der Waals surface area contributed by atoms with Crippen LogP contribution in [-0.4, -0.2) is 37.1 Å². The van der Waals surface area contributed by atoms with Gasteiger partial charge < -0.3 is 19.3 Å². The third kappa shape index (κ3) is 4.71. The van der Waals surface area contributed by atoms with Crippen molar-refractivity contribution in [3.63, 3.8) is 0 Å². The Morgan fingerprint density at radius 1 is 0.800 bits per heavy atom. The highest BCUT2D eigenvalue weighted by Crippen LogP contribution is 2.42. The molecule has 1 fully saturated rings. The lowest BCUT2D eigenvalue weighted by Gasteiger charge is -2.25. The van der Waals surface area contributed by atoms with Crippen LogP contribution in [0.4, 0.5) is 5.69 Å². The first-order valence-electron chi connectivity index (χ1n) is 11.4. The van der Waals surface area contributed by atoms with Crippen molar-refractivity contribution in [3.8, 4) is 17.2 Å². The Labute approximate surface area is 204 Å². The monoisotopic (exact) mass is 473 g/mol. The maximum Gasteiger partial charge on any atom is 0.300 e. The first-order chi connectivity index (χ1) is 17.0. The van der Waals surface area contributed by atoms with Gasteiger partial charge in [-0.2, -0.15) is 0 Å². The summed E-state index contributed by atoms with van der Waals surface area (Å²) < 4.78 is 16.2. The van der Waals surface area contributed by atoms with Crippen molar-refractivity contribution in [2.75, 3.05) is 25.2 Å². The SMILES string of the molecule is CCOc1ccc(C2/C(=C(\O)c3ccc(OC)cc3)C(=O)C(=O)N2c2ccc(OCC)cc2)cc1. The van der Waals surface area contributed by atoms with Crippen LogP contribution in [0.3, 0.4) is 0 Å². The molecule has 0 radical (unpaired) electrons. The van der Waals surface area contributed by atoms with E-state index in [9.17, 15) is 14.7 Å².